The molecule has 1 aliphatic heterocycles. The Labute approximate surface area is 182 Å². The van der Waals surface area contributed by atoms with Gasteiger partial charge in [0.15, 0.2) is 0 Å². The number of hydrogen-bond donors (Lipinski definition) is 1. The molecule has 31 heavy (non-hydrogen) atoms. The highest BCUT2D eigenvalue weighted by Gasteiger charge is 2.19. The van der Waals surface area contributed by atoms with Crippen LogP contribution in [0.4, 0.5) is 5.82 Å². The molecule has 2 aromatic carbocycles. The fourth-order valence-electron chi connectivity index (χ4n) is 3.92. The highest BCUT2D eigenvalue weighted by atomic mass is 16.2. The topological polar surface area (TPSA) is 65.5 Å². The molecule has 0 bridgehead atoms. The Balaban J connectivity index is 1.52. The van der Waals surface area contributed by atoms with Crippen LogP contribution in [0.2, 0.25) is 0 Å². The number of benzene rings is 2. The first-order chi connectivity index (χ1) is 14.9. The number of hydrogen-bond acceptors (Lipinski definition) is 4. The lowest BCUT2D eigenvalue weighted by molar-refractivity contribution is -0.126. The van der Waals surface area contributed by atoms with E-state index in [1.165, 1.54) is 0 Å². The summed E-state index contributed by atoms with van der Waals surface area (Å²) in [5.74, 6) is 0.427. The summed E-state index contributed by atoms with van der Waals surface area (Å²) in [6.07, 6.45) is 5.01. The van der Waals surface area contributed by atoms with E-state index in [4.69, 9.17) is 0 Å². The van der Waals surface area contributed by atoms with E-state index >= 15 is 0 Å². The van der Waals surface area contributed by atoms with E-state index in [9.17, 15) is 9.59 Å². The van der Waals surface area contributed by atoms with Crippen LogP contribution in [-0.4, -0.2) is 47.2 Å². The molecule has 4 rings (SSSR count). The van der Waals surface area contributed by atoms with Gasteiger partial charge >= 0.3 is 0 Å². The first-order valence-corrected chi connectivity index (χ1v) is 10.3. The van der Waals surface area contributed by atoms with E-state index in [2.05, 4.69) is 34.6 Å². The Bertz CT molecular complexity index is 1170. The highest BCUT2D eigenvalue weighted by Crippen LogP contribution is 2.27. The number of amides is 2. The van der Waals surface area contributed by atoms with Gasteiger partial charge in [0.25, 0.3) is 0 Å². The van der Waals surface area contributed by atoms with Gasteiger partial charge in [-0.25, -0.2) is 4.98 Å². The lowest BCUT2D eigenvalue weighted by Crippen LogP contribution is -2.28. The van der Waals surface area contributed by atoms with Crippen molar-refractivity contribution in [3.8, 4) is 0 Å². The molecule has 1 aliphatic rings. The smallest absolute Gasteiger partial charge is 0.246 e. The second-order valence-electron chi connectivity index (χ2n) is 8.02. The van der Waals surface area contributed by atoms with Gasteiger partial charge in [-0.2, -0.15) is 0 Å². The van der Waals surface area contributed by atoms with E-state index in [1.54, 1.807) is 23.2 Å². The van der Waals surface area contributed by atoms with Gasteiger partial charge in [-0.05, 0) is 48.0 Å². The maximum atomic E-state index is 12.9. The summed E-state index contributed by atoms with van der Waals surface area (Å²) in [4.78, 5) is 32.7. The second kappa shape index (κ2) is 8.70. The maximum absolute atomic E-state index is 12.9. The van der Waals surface area contributed by atoms with Crippen LogP contribution >= 0.6 is 0 Å². The standard InChI is InChI=1S/C25H26N4O2/c1-17(21-10-6-8-19-7-4-5-9-22(19)21)29(3)24(31)12-11-18-13-20-15-28(2)16-23(30)27-25(20)26-14-18/h4-14,17H,15-16H2,1-3H3,(H,26,27,30)/b12-11+. The minimum absolute atomic E-state index is 0.0720. The quantitative estimate of drug-likeness (QED) is 0.659. The summed E-state index contributed by atoms with van der Waals surface area (Å²) < 4.78 is 0. The van der Waals surface area contributed by atoms with Crippen LogP contribution < -0.4 is 5.32 Å². The van der Waals surface area contributed by atoms with Crippen LogP contribution in [0.3, 0.4) is 0 Å². The van der Waals surface area contributed by atoms with Gasteiger partial charge < -0.3 is 10.2 Å². The van der Waals surface area contributed by atoms with Gasteiger partial charge in [0.2, 0.25) is 11.8 Å². The van der Waals surface area contributed by atoms with E-state index in [-0.39, 0.29) is 17.9 Å². The van der Waals surface area contributed by atoms with Crippen LogP contribution in [0.1, 0.15) is 29.7 Å². The van der Waals surface area contributed by atoms with Crippen molar-refractivity contribution in [1.29, 1.82) is 0 Å². The van der Waals surface area contributed by atoms with Gasteiger partial charge in [0.1, 0.15) is 5.82 Å². The Morgan fingerprint density at radius 3 is 2.81 bits per heavy atom. The van der Waals surface area contributed by atoms with Gasteiger partial charge in [0.05, 0.1) is 12.6 Å². The third-order valence-corrected chi connectivity index (χ3v) is 5.72. The number of carbonyl (C=O) groups is 2. The normalized spacial score (nSPS) is 15.4. The molecule has 3 aromatic rings. The average Bonchev–Trinajstić information content (AvgIpc) is 2.91. The molecule has 0 radical (unpaired) electrons. The third kappa shape index (κ3) is 4.49. The molecular formula is C25H26N4O2. The number of anilines is 1. The Kier molecular flexibility index (Phi) is 5.82. The van der Waals surface area contributed by atoms with E-state index in [0.29, 0.717) is 18.9 Å². The molecule has 0 fully saturated rings. The van der Waals surface area contributed by atoms with E-state index in [1.807, 2.05) is 50.2 Å². The molecule has 1 N–H and O–H groups in total. The van der Waals surface area contributed by atoms with Crippen molar-refractivity contribution < 1.29 is 9.59 Å². The molecular weight excluding hydrogens is 388 g/mol. The van der Waals surface area contributed by atoms with Crippen molar-refractivity contribution >= 4 is 34.5 Å². The number of likely N-dealkylation sites (N-methyl/N-ethyl adjacent to an activating group) is 2. The summed E-state index contributed by atoms with van der Waals surface area (Å²) in [6.45, 7) is 2.99. The summed E-state index contributed by atoms with van der Waals surface area (Å²) in [7, 11) is 3.71. The number of pyridine rings is 1. The van der Waals surface area contributed by atoms with Crippen molar-refractivity contribution in [3.63, 3.8) is 0 Å². The number of nitrogens with zero attached hydrogens (tertiary/aromatic N) is 3. The SMILES string of the molecule is CC(c1cccc2ccccc12)N(C)C(=O)/C=C/c1cnc2c(c1)CN(C)CC(=O)N2. The number of nitrogens with one attached hydrogen (secondary N) is 1. The molecule has 2 amide bonds. The molecule has 2 heterocycles. The van der Waals surface area contributed by atoms with Crippen LogP contribution in [0.15, 0.2) is 60.8 Å². The Morgan fingerprint density at radius 1 is 1.19 bits per heavy atom. The molecule has 0 saturated carbocycles. The molecule has 0 spiro atoms. The summed E-state index contributed by atoms with van der Waals surface area (Å²) >= 11 is 0. The monoisotopic (exact) mass is 414 g/mol. The minimum atomic E-state index is -0.0826. The molecule has 6 heteroatoms. The Morgan fingerprint density at radius 2 is 1.97 bits per heavy atom. The minimum Gasteiger partial charge on any atom is -0.335 e. The zero-order chi connectivity index (χ0) is 22.0. The number of aromatic nitrogens is 1. The summed E-state index contributed by atoms with van der Waals surface area (Å²) in [6, 6.07) is 16.3. The zero-order valence-corrected chi connectivity index (χ0v) is 18.0. The van der Waals surface area contributed by atoms with Crippen molar-refractivity contribution in [3.05, 3.63) is 77.5 Å². The highest BCUT2D eigenvalue weighted by molar-refractivity contribution is 5.94. The fourth-order valence-corrected chi connectivity index (χ4v) is 3.92. The van der Waals surface area contributed by atoms with E-state index in [0.717, 1.165) is 27.5 Å². The zero-order valence-electron chi connectivity index (χ0n) is 18.0. The van der Waals surface area contributed by atoms with Gasteiger partial charge in [-0.3, -0.25) is 14.5 Å². The molecule has 1 aromatic heterocycles. The summed E-state index contributed by atoms with van der Waals surface area (Å²) in [5, 5.41) is 5.14. The molecule has 6 nitrogen and oxygen atoms in total. The molecule has 0 aliphatic carbocycles. The largest absolute Gasteiger partial charge is 0.335 e. The van der Waals surface area contributed by atoms with Crippen molar-refractivity contribution in [1.82, 2.24) is 14.8 Å². The fraction of sp³-hybridized carbons (Fsp3) is 0.240. The summed E-state index contributed by atoms with van der Waals surface area (Å²) in [5.41, 5.74) is 2.87. The van der Waals surface area contributed by atoms with Gasteiger partial charge in [-0.1, -0.05) is 42.5 Å². The maximum Gasteiger partial charge on any atom is 0.246 e. The van der Waals surface area contributed by atoms with Gasteiger partial charge in [0, 0.05) is 31.4 Å². The Hall–Kier alpha value is -3.51. The van der Waals surface area contributed by atoms with Crippen molar-refractivity contribution in [2.75, 3.05) is 26.0 Å². The lowest BCUT2D eigenvalue weighted by atomic mass is 9.99. The van der Waals surface area contributed by atoms with Crippen LogP contribution in [0.25, 0.3) is 16.8 Å². The van der Waals surface area contributed by atoms with E-state index < -0.39 is 0 Å². The van der Waals surface area contributed by atoms with Crippen molar-refractivity contribution in [2.24, 2.45) is 0 Å². The predicted molar refractivity (Wildman–Crippen MR) is 123 cm³/mol. The third-order valence-electron chi connectivity index (χ3n) is 5.72. The van der Waals surface area contributed by atoms with Crippen LogP contribution in [0.5, 0.6) is 0 Å². The molecule has 0 saturated heterocycles. The molecule has 158 valence electrons. The van der Waals surface area contributed by atoms with Crippen molar-refractivity contribution in [2.45, 2.75) is 19.5 Å². The lowest BCUT2D eigenvalue weighted by Gasteiger charge is -2.25. The van der Waals surface area contributed by atoms with Gasteiger partial charge in [-0.15, -0.1) is 0 Å². The first kappa shape index (κ1) is 20.8. The average molecular weight is 415 g/mol. The van der Waals surface area contributed by atoms with Crippen LogP contribution in [0, 0.1) is 0 Å². The molecule has 1 unspecified atom stereocenters. The molecule has 1 atom stereocenters. The number of fused-ring (bicyclic) bond motifs is 2. The number of rotatable bonds is 4. The second-order valence-corrected chi connectivity index (χ2v) is 8.02. The number of carbonyl (C=O) groups excluding carboxylic acids is 2. The predicted octanol–water partition coefficient (Wildman–Crippen LogP) is 3.85. The first-order valence-electron chi connectivity index (χ1n) is 10.3. The van der Waals surface area contributed by atoms with Crippen LogP contribution in [-0.2, 0) is 16.1 Å².